The fourth-order valence-corrected chi connectivity index (χ4v) is 4.05. The zero-order valence-electron chi connectivity index (χ0n) is 17.9. The Morgan fingerprint density at radius 2 is 1.63 bits per heavy atom. The second-order valence-electron chi connectivity index (χ2n) is 8.14. The van der Waals surface area contributed by atoms with Gasteiger partial charge in [-0.25, -0.2) is 0 Å². The average molecular weight is 430 g/mol. The lowest BCUT2D eigenvalue weighted by Crippen LogP contribution is -2.48. The summed E-state index contributed by atoms with van der Waals surface area (Å²) >= 11 is 5.90. The first-order chi connectivity index (χ1) is 14.4. The number of hydrogen-bond acceptors (Lipinski definition) is 4. The summed E-state index contributed by atoms with van der Waals surface area (Å²) in [6, 6.07) is 13.4. The summed E-state index contributed by atoms with van der Waals surface area (Å²) in [5, 5.41) is 14.1. The molecule has 5 nitrogen and oxygen atoms in total. The molecule has 0 aromatic heterocycles. The molecular weight excluding hydrogens is 398 g/mol. The Morgan fingerprint density at radius 3 is 2.27 bits per heavy atom. The number of benzene rings is 2. The smallest absolute Gasteiger partial charge is 0.238 e. The SMILES string of the molecule is Cc1cccc(C)c1NC(=O)CN1CCN(CCCC(O)c2ccc(Cl)cc2)CC1. The number of aliphatic hydroxyl groups is 1. The number of para-hydroxylation sites is 1. The van der Waals surface area contributed by atoms with Gasteiger partial charge in [0, 0.05) is 36.9 Å². The third kappa shape index (κ3) is 6.54. The molecule has 1 aliphatic heterocycles. The predicted octanol–water partition coefficient (Wildman–Crippen LogP) is 4.03. The first kappa shape index (κ1) is 22.8. The maximum atomic E-state index is 12.5. The van der Waals surface area contributed by atoms with Crippen LogP contribution in [-0.4, -0.2) is 60.1 Å². The summed E-state index contributed by atoms with van der Waals surface area (Å²) in [5.41, 5.74) is 4.03. The molecule has 1 amide bonds. The summed E-state index contributed by atoms with van der Waals surface area (Å²) in [4.78, 5) is 17.1. The molecule has 2 aromatic rings. The number of anilines is 1. The monoisotopic (exact) mass is 429 g/mol. The molecule has 1 unspecified atom stereocenters. The van der Waals surface area contributed by atoms with Gasteiger partial charge < -0.3 is 15.3 Å². The van der Waals surface area contributed by atoms with E-state index in [4.69, 9.17) is 11.6 Å². The van der Waals surface area contributed by atoms with Crippen molar-refractivity contribution >= 4 is 23.2 Å². The Labute approximate surface area is 184 Å². The minimum absolute atomic E-state index is 0.0481. The lowest BCUT2D eigenvalue weighted by Gasteiger charge is -2.34. The van der Waals surface area contributed by atoms with Gasteiger partial charge in [-0.3, -0.25) is 9.69 Å². The van der Waals surface area contributed by atoms with Crippen molar-refractivity contribution in [3.63, 3.8) is 0 Å². The molecular formula is C24H32ClN3O2. The summed E-state index contributed by atoms with van der Waals surface area (Å²) in [5.74, 6) is 0.0481. The second-order valence-corrected chi connectivity index (χ2v) is 8.58. The van der Waals surface area contributed by atoms with Crippen LogP contribution in [0.2, 0.25) is 5.02 Å². The van der Waals surface area contributed by atoms with Gasteiger partial charge in [-0.1, -0.05) is 41.9 Å². The maximum Gasteiger partial charge on any atom is 0.238 e. The van der Waals surface area contributed by atoms with Crippen LogP contribution in [0, 0.1) is 13.8 Å². The highest BCUT2D eigenvalue weighted by molar-refractivity contribution is 6.30. The molecule has 1 saturated heterocycles. The third-order valence-electron chi connectivity index (χ3n) is 5.78. The van der Waals surface area contributed by atoms with E-state index in [9.17, 15) is 9.90 Å². The van der Waals surface area contributed by atoms with Crippen LogP contribution in [-0.2, 0) is 4.79 Å². The quantitative estimate of drug-likeness (QED) is 0.665. The maximum absolute atomic E-state index is 12.5. The lowest BCUT2D eigenvalue weighted by molar-refractivity contribution is -0.117. The van der Waals surface area contributed by atoms with Crippen LogP contribution in [0.25, 0.3) is 0 Å². The molecule has 0 aliphatic carbocycles. The van der Waals surface area contributed by atoms with E-state index in [-0.39, 0.29) is 5.91 Å². The van der Waals surface area contributed by atoms with Crippen molar-refractivity contribution in [1.82, 2.24) is 9.80 Å². The highest BCUT2D eigenvalue weighted by Gasteiger charge is 2.19. The largest absolute Gasteiger partial charge is 0.388 e. The number of hydrogen-bond donors (Lipinski definition) is 2. The van der Waals surface area contributed by atoms with Crippen molar-refractivity contribution in [2.45, 2.75) is 32.8 Å². The molecule has 1 atom stereocenters. The molecule has 0 bridgehead atoms. The Balaban J connectivity index is 1.35. The van der Waals surface area contributed by atoms with E-state index in [1.54, 1.807) is 0 Å². The summed E-state index contributed by atoms with van der Waals surface area (Å²) in [6.45, 7) is 9.11. The molecule has 30 heavy (non-hydrogen) atoms. The number of carbonyl (C=O) groups is 1. The van der Waals surface area contributed by atoms with Crippen LogP contribution in [0.5, 0.6) is 0 Å². The molecule has 2 N–H and O–H groups in total. The lowest BCUT2D eigenvalue weighted by atomic mass is 10.0. The molecule has 0 spiro atoms. The van der Waals surface area contributed by atoms with Crippen LogP contribution in [0.3, 0.4) is 0 Å². The standard InChI is InChI=1S/C24H32ClN3O2/c1-18-5-3-6-19(2)24(18)26-23(30)17-28-15-13-27(14-16-28)12-4-7-22(29)20-8-10-21(25)11-9-20/h3,5-6,8-11,22,29H,4,7,12-17H2,1-2H3,(H,26,30). The third-order valence-corrected chi connectivity index (χ3v) is 6.04. The first-order valence-electron chi connectivity index (χ1n) is 10.7. The fourth-order valence-electron chi connectivity index (χ4n) is 3.92. The summed E-state index contributed by atoms with van der Waals surface area (Å²) < 4.78 is 0. The molecule has 1 fully saturated rings. The van der Waals surface area contributed by atoms with E-state index in [0.717, 1.165) is 67.9 Å². The zero-order valence-corrected chi connectivity index (χ0v) is 18.7. The van der Waals surface area contributed by atoms with E-state index in [1.165, 1.54) is 0 Å². The van der Waals surface area contributed by atoms with Gasteiger partial charge in [0.25, 0.3) is 0 Å². The minimum Gasteiger partial charge on any atom is -0.388 e. The summed E-state index contributed by atoms with van der Waals surface area (Å²) in [7, 11) is 0. The van der Waals surface area contributed by atoms with Crippen molar-refractivity contribution in [2.75, 3.05) is 44.6 Å². The van der Waals surface area contributed by atoms with Crippen molar-refractivity contribution in [3.05, 3.63) is 64.2 Å². The van der Waals surface area contributed by atoms with Gasteiger partial charge >= 0.3 is 0 Å². The van der Waals surface area contributed by atoms with Crippen LogP contribution in [0.4, 0.5) is 5.69 Å². The average Bonchev–Trinajstić information content (AvgIpc) is 2.72. The number of amides is 1. The number of nitrogens with zero attached hydrogens (tertiary/aromatic N) is 2. The van der Waals surface area contributed by atoms with Crippen molar-refractivity contribution < 1.29 is 9.90 Å². The first-order valence-corrected chi connectivity index (χ1v) is 11.0. The fraction of sp³-hybridized carbons (Fsp3) is 0.458. The molecule has 0 saturated carbocycles. The molecule has 3 rings (SSSR count). The van der Waals surface area contributed by atoms with Gasteiger partial charge in [0.1, 0.15) is 0 Å². The Bertz CT molecular complexity index is 813. The van der Waals surface area contributed by atoms with Crippen LogP contribution >= 0.6 is 11.6 Å². The van der Waals surface area contributed by atoms with E-state index in [0.29, 0.717) is 11.6 Å². The number of halogens is 1. The molecule has 162 valence electrons. The number of aliphatic hydroxyl groups excluding tert-OH is 1. The van der Waals surface area contributed by atoms with E-state index >= 15 is 0 Å². The van der Waals surface area contributed by atoms with Gasteiger partial charge in [-0.2, -0.15) is 0 Å². The van der Waals surface area contributed by atoms with Crippen LogP contribution in [0.15, 0.2) is 42.5 Å². The van der Waals surface area contributed by atoms with Crippen LogP contribution in [0.1, 0.15) is 35.6 Å². The minimum atomic E-state index is -0.447. The molecule has 1 aliphatic rings. The van der Waals surface area contributed by atoms with Crippen molar-refractivity contribution in [3.8, 4) is 0 Å². The second kappa shape index (κ2) is 10.9. The molecule has 2 aromatic carbocycles. The van der Waals surface area contributed by atoms with Gasteiger partial charge in [0.05, 0.1) is 12.6 Å². The van der Waals surface area contributed by atoms with Crippen molar-refractivity contribution in [1.29, 1.82) is 0 Å². The highest BCUT2D eigenvalue weighted by Crippen LogP contribution is 2.21. The Kier molecular flexibility index (Phi) is 8.28. The Morgan fingerprint density at radius 1 is 1.03 bits per heavy atom. The predicted molar refractivity (Wildman–Crippen MR) is 123 cm³/mol. The van der Waals surface area contributed by atoms with E-state index in [1.807, 2.05) is 56.3 Å². The van der Waals surface area contributed by atoms with Crippen LogP contribution < -0.4 is 5.32 Å². The van der Waals surface area contributed by atoms with Gasteiger partial charge in [0.15, 0.2) is 0 Å². The van der Waals surface area contributed by atoms with Gasteiger partial charge in [-0.15, -0.1) is 0 Å². The van der Waals surface area contributed by atoms with Gasteiger partial charge in [-0.05, 0) is 62.1 Å². The number of aryl methyl sites for hydroxylation is 2. The normalized spacial score (nSPS) is 16.4. The number of nitrogens with one attached hydrogen (secondary N) is 1. The van der Waals surface area contributed by atoms with Gasteiger partial charge in [0.2, 0.25) is 5.91 Å². The Hall–Kier alpha value is -1.92. The topological polar surface area (TPSA) is 55.8 Å². The molecule has 6 heteroatoms. The van der Waals surface area contributed by atoms with E-state index < -0.39 is 6.10 Å². The van der Waals surface area contributed by atoms with Crippen molar-refractivity contribution in [2.24, 2.45) is 0 Å². The number of rotatable bonds is 8. The summed E-state index contributed by atoms with van der Waals surface area (Å²) in [6.07, 6.45) is 1.23. The van der Waals surface area contributed by atoms with E-state index in [2.05, 4.69) is 15.1 Å². The molecule has 0 radical (unpaired) electrons. The number of piperazine rings is 1. The zero-order chi connectivity index (χ0) is 21.5. The highest BCUT2D eigenvalue weighted by atomic mass is 35.5. The molecule has 1 heterocycles. The number of carbonyl (C=O) groups excluding carboxylic acids is 1.